The second kappa shape index (κ2) is 9.59. The van der Waals surface area contributed by atoms with Gasteiger partial charge in [-0.1, -0.05) is 23.5 Å². The Morgan fingerprint density at radius 2 is 1.86 bits per heavy atom. The number of piperazine rings is 1. The van der Waals surface area contributed by atoms with Crippen LogP contribution in [0.25, 0.3) is 21.7 Å². The second-order valence-corrected chi connectivity index (χ2v) is 10.3. The van der Waals surface area contributed by atoms with Crippen molar-refractivity contribution in [3.63, 3.8) is 0 Å². The van der Waals surface area contributed by atoms with E-state index >= 15 is 0 Å². The van der Waals surface area contributed by atoms with Gasteiger partial charge in [-0.25, -0.2) is 14.6 Å². The van der Waals surface area contributed by atoms with Crippen molar-refractivity contribution >= 4 is 28.6 Å². The minimum atomic E-state index is -0.947. The number of carboxylic acid groups (broad SMARTS) is 1. The van der Waals surface area contributed by atoms with E-state index in [9.17, 15) is 20.0 Å². The van der Waals surface area contributed by atoms with Crippen LogP contribution in [-0.4, -0.2) is 62.7 Å². The fraction of sp³-hybridized carbons (Fsp3) is 0.346. The summed E-state index contributed by atoms with van der Waals surface area (Å²) in [5.74, 6) is 0.330. The molecule has 0 bridgehead atoms. The molecule has 1 unspecified atom stereocenters. The van der Waals surface area contributed by atoms with Gasteiger partial charge in [-0.15, -0.1) is 0 Å². The number of hydrogen-bond donors (Lipinski definition) is 2. The highest BCUT2D eigenvalue weighted by molar-refractivity contribution is 7.19. The number of rotatable bonds is 4. The average Bonchev–Trinajstić information content (AvgIpc) is 3.62. The van der Waals surface area contributed by atoms with Gasteiger partial charge < -0.3 is 14.9 Å². The lowest BCUT2D eigenvalue weighted by Crippen LogP contribution is -2.58. The number of nitriles is 1. The van der Waals surface area contributed by atoms with Crippen LogP contribution >= 0.6 is 11.3 Å². The molecule has 2 fully saturated rings. The highest BCUT2D eigenvalue weighted by Crippen LogP contribution is 2.41. The Balaban J connectivity index is 1.47. The molecule has 2 N–H and O–H groups in total. The van der Waals surface area contributed by atoms with Crippen molar-refractivity contribution in [3.8, 4) is 27.8 Å². The molecule has 1 saturated carbocycles. The minimum Gasteiger partial charge on any atom is -0.465 e. The molecule has 1 aliphatic heterocycles. The summed E-state index contributed by atoms with van der Waals surface area (Å²) in [7, 11) is 0. The van der Waals surface area contributed by atoms with Crippen LogP contribution in [0.5, 0.6) is 0 Å². The first-order valence-electron chi connectivity index (χ1n) is 11.8. The van der Waals surface area contributed by atoms with Crippen LogP contribution in [0.1, 0.15) is 29.8 Å². The minimum absolute atomic E-state index is 0.133. The first-order valence-corrected chi connectivity index (χ1v) is 12.7. The Hall–Kier alpha value is -3.97. The van der Waals surface area contributed by atoms with Crippen LogP contribution in [0, 0.1) is 31.1 Å². The summed E-state index contributed by atoms with van der Waals surface area (Å²) in [6, 6.07) is 13.0. The lowest BCUT2D eigenvalue weighted by molar-refractivity contribution is 0.0800. The van der Waals surface area contributed by atoms with Crippen molar-refractivity contribution in [2.24, 2.45) is 5.92 Å². The van der Waals surface area contributed by atoms with Gasteiger partial charge in [-0.3, -0.25) is 10.3 Å². The maximum absolute atomic E-state index is 13.4. The largest absolute Gasteiger partial charge is 0.465 e. The van der Waals surface area contributed by atoms with Crippen LogP contribution in [0.2, 0.25) is 0 Å². The van der Waals surface area contributed by atoms with E-state index in [1.807, 2.05) is 38.1 Å². The van der Waals surface area contributed by atoms with Gasteiger partial charge >= 0.3 is 12.1 Å². The van der Waals surface area contributed by atoms with Gasteiger partial charge in [0.15, 0.2) is 5.13 Å². The van der Waals surface area contributed by atoms with Crippen molar-refractivity contribution in [3.05, 3.63) is 53.3 Å². The number of nitrogens with one attached hydrogen (secondary N) is 1. The lowest BCUT2D eigenvalue weighted by Gasteiger charge is -2.40. The fourth-order valence-corrected chi connectivity index (χ4v) is 5.71. The summed E-state index contributed by atoms with van der Waals surface area (Å²) >= 11 is 1.38. The zero-order chi connectivity index (χ0) is 25.4. The molecule has 2 aliphatic rings. The van der Waals surface area contributed by atoms with Crippen molar-refractivity contribution in [2.75, 3.05) is 25.0 Å². The number of amides is 3. The third-order valence-corrected chi connectivity index (χ3v) is 7.59. The Morgan fingerprint density at radius 3 is 2.53 bits per heavy atom. The van der Waals surface area contributed by atoms with E-state index in [-0.39, 0.29) is 18.6 Å². The van der Waals surface area contributed by atoms with E-state index in [1.165, 1.54) is 16.2 Å². The van der Waals surface area contributed by atoms with Crippen molar-refractivity contribution in [2.45, 2.75) is 32.7 Å². The Bertz CT molecular complexity index is 1360. The van der Waals surface area contributed by atoms with Crippen LogP contribution in [0.15, 0.2) is 36.4 Å². The molecule has 36 heavy (non-hydrogen) atoms. The Morgan fingerprint density at radius 1 is 1.11 bits per heavy atom. The van der Waals surface area contributed by atoms with E-state index in [0.29, 0.717) is 35.4 Å². The van der Waals surface area contributed by atoms with Crippen molar-refractivity contribution in [1.29, 1.82) is 5.26 Å². The van der Waals surface area contributed by atoms with E-state index in [4.69, 9.17) is 4.98 Å². The van der Waals surface area contributed by atoms with Gasteiger partial charge in [0, 0.05) is 36.6 Å². The van der Waals surface area contributed by atoms with Crippen LogP contribution < -0.4 is 5.32 Å². The molecule has 1 atom stereocenters. The van der Waals surface area contributed by atoms with E-state index in [1.54, 1.807) is 17.0 Å². The highest BCUT2D eigenvalue weighted by Gasteiger charge is 2.42. The number of carbonyl (C=O) groups excluding carboxylic acids is 1. The Labute approximate surface area is 213 Å². The summed E-state index contributed by atoms with van der Waals surface area (Å²) in [5, 5.41) is 22.2. The van der Waals surface area contributed by atoms with Gasteiger partial charge in [-0.05, 0) is 62.4 Å². The number of thiazole rings is 1. The number of carbonyl (C=O) groups is 2. The number of nitrogens with zero attached hydrogens (tertiary/aromatic N) is 5. The van der Waals surface area contributed by atoms with Gasteiger partial charge in [0.2, 0.25) is 0 Å². The van der Waals surface area contributed by atoms with Crippen molar-refractivity contribution in [1.82, 2.24) is 19.8 Å². The maximum Gasteiger partial charge on any atom is 0.407 e. The van der Waals surface area contributed by atoms with E-state index in [0.717, 1.165) is 40.2 Å². The molecule has 1 aromatic carbocycles. The van der Waals surface area contributed by atoms with E-state index < -0.39 is 6.09 Å². The number of hydrogen-bond acceptors (Lipinski definition) is 6. The van der Waals surface area contributed by atoms with Gasteiger partial charge in [-0.2, -0.15) is 5.26 Å². The van der Waals surface area contributed by atoms with Crippen LogP contribution in [0.3, 0.4) is 0 Å². The number of benzene rings is 1. The standard InChI is InChI=1S/C26H26N6O3S/c1-15-10-20(11-16(2)28-15)23-22(19-5-3-4-17(12-19)13-27)29-24(36-23)30-25(33)32-9-8-31(26(34)35)14-21(32)18-6-7-18/h3-5,10-12,18,21H,6-9,14H2,1-2H3,(H,34,35)(H,29,30,33). The summed E-state index contributed by atoms with van der Waals surface area (Å²) < 4.78 is 0. The molecule has 1 aliphatic carbocycles. The smallest absolute Gasteiger partial charge is 0.407 e. The molecule has 3 heterocycles. The third-order valence-electron chi connectivity index (χ3n) is 6.57. The molecular formula is C26H26N6O3S. The van der Waals surface area contributed by atoms with Crippen LogP contribution in [-0.2, 0) is 0 Å². The second-order valence-electron chi connectivity index (χ2n) is 9.28. The van der Waals surface area contributed by atoms with Gasteiger partial charge in [0.05, 0.1) is 28.2 Å². The number of pyridine rings is 1. The van der Waals surface area contributed by atoms with E-state index in [2.05, 4.69) is 16.4 Å². The monoisotopic (exact) mass is 502 g/mol. The Kier molecular flexibility index (Phi) is 6.33. The summed E-state index contributed by atoms with van der Waals surface area (Å²) in [6.45, 7) is 4.84. The fourth-order valence-electron chi connectivity index (χ4n) is 4.75. The molecule has 3 aromatic rings. The average molecular weight is 503 g/mol. The zero-order valence-corrected chi connectivity index (χ0v) is 20.9. The quantitative estimate of drug-likeness (QED) is 0.520. The normalized spacial score (nSPS) is 17.5. The molecule has 0 spiro atoms. The number of anilines is 1. The molecule has 3 amide bonds. The lowest BCUT2D eigenvalue weighted by atomic mass is 10.0. The first kappa shape index (κ1) is 23.8. The molecule has 1 saturated heterocycles. The summed E-state index contributed by atoms with van der Waals surface area (Å²) in [4.78, 5) is 38.1. The van der Waals surface area contributed by atoms with Crippen LogP contribution in [0.4, 0.5) is 14.7 Å². The molecular weight excluding hydrogens is 476 g/mol. The van der Waals surface area contributed by atoms with Gasteiger partial charge in [0.25, 0.3) is 0 Å². The third kappa shape index (κ3) is 4.88. The topological polar surface area (TPSA) is 122 Å². The summed E-state index contributed by atoms with van der Waals surface area (Å²) in [5.41, 5.74) is 4.71. The first-order chi connectivity index (χ1) is 17.3. The maximum atomic E-state index is 13.4. The molecule has 10 heteroatoms. The molecule has 2 aromatic heterocycles. The number of urea groups is 1. The highest BCUT2D eigenvalue weighted by atomic mass is 32.1. The number of aryl methyl sites for hydroxylation is 2. The SMILES string of the molecule is Cc1cc(-c2sc(NC(=O)N3CCN(C(=O)O)CC3C3CC3)nc2-c2cccc(C#N)c2)cc(C)n1. The molecule has 9 nitrogen and oxygen atoms in total. The summed E-state index contributed by atoms with van der Waals surface area (Å²) in [6.07, 6.45) is 1.06. The van der Waals surface area contributed by atoms with Crippen molar-refractivity contribution < 1.29 is 14.7 Å². The predicted molar refractivity (Wildman–Crippen MR) is 137 cm³/mol. The van der Waals surface area contributed by atoms with Gasteiger partial charge in [0.1, 0.15) is 0 Å². The molecule has 184 valence electrons. The number of aromatic nitrogens is 2. The molecule has 0 radical (unpaired) electrons. The molecule has 5 rings (SSSR count). The zero-order valence-electron chi connectivity index (χ0n) is 20.1. The predicted octanol–water partition coefficient (Wildman–Crippen LogP) is 4.97.